The van der Waals surface area contributed by atoms with Gasteiger partial charge in [0.15, 0.2) is 0 Å². The molecule has 3 aromatic rings. The predicted molar refractivity (Wildman–Crippen MR) is 266 cm³/mol. The Morgan fingerprint density at radius 1 is 0.968 bits per heavy atom. The first-order valence-corrected chi connectivity index (χ1v) is 23.9. The van der Waals surface area contributed by atoms with Gasteiger partial charge in [0.2, 0.25) is 11.8 Å². The Hall–Kier alpha value is -4.25. The Balaban J connectivity index is 0.000000691. The standard InChI is InChI=1S/C31H35ClN4O3.C16H33NO.C3H8O.C2H6/c1-5-8-21-20(9-7-12-25(21)35-30(38)24(15-16-33)29(37)34-3)22-10-6-11-23(28(22)32)26-17-19-14-13-18(2)27(19)31(36-26)39-4;1-7-13(5)11-12-16(9-3,10-4)17-15(18)14(6)8-2;1-2-3-4;1-2/h6-7,9-12,15,17-18H,5,8,13-14,16,33H2,1-4H3,(H,34,37)(H,35,38);13-14H,7-12H2,1-6H3,(H,17,18);4H,2-3H2,1H3;1-2H3/b24-15+;;;. The van der Waals surface area contributed by atoms with Crippen LogP contribution < -0.4 is 26.4 Å². The number of aryl methyl sites for hydroxylation is 1. The van der Waals surface area contributed by atoms with Crippen LogP contribution in [-0.4, -0.2) is 60.7 Å². The van der Waals surface area contributed by atoms with E-state index in [9.17, 15) is 14.4 Å². The predicted octanol–water partition coefficient (Wildman–Crippen LogP) is 11.6. The minimum atomic E-state index is -0.516. The number of aliphatic hydroxyl groups is 1. The number of benzene rings is 2. The number of nitrogens with one attached hydrogen (secondary N) is 3. The van der Waals surface area contributed by atoms with E-state index in [4.69, 9.17) is 32.2 Å². The van der Waals surface area contributed by atoms with Crippen molar-refractivity contribution >= 4 is 35.0 Å². The van der Waals surface area contributed by atoms with E-state index in [1.165, 1.54) is 37.1 Å². The van der Waals surface area contributed by atoms with Gasteiger partial charge in [-0.15, -0.1) is 0 Å². The number of carbonyl (C=O) groups is 3. The summed E-state index contributed by atoms with van der Waals surface area (Å²) in [5.41, 5.74) is 12.9. The lowest BCUT2D eigenvalue weighted by atomic mass is 9.84. The number of fused-ring (bicyclic) bond motifs is 1. The third-order valence-corrected chi connectivity index (χ3v) is 12.4. The molecule has 352 valence electrons. The van der Waals surface area contributed by atoms with Crippen molar-refractivity contribution in [2.75, 3.05) is 32.6 Å². The van der Waals surface area contributed by atoms with Crippen LogP contribution in [0.3, 0.4) is 0 Å². The van der Waals surface area contributed by atoms with Crippen molar-refractivity contribution in [3.05, 3.63) is 75.8 Å². The fourth-order valence-electron chi connectivity index (χ4n) is 7.41. The van der Waals surface area contributed by atoms with Gasteiger partial charge >= 0.3 is 0 Å². The third-order valence-electron chi connectivity index (χ3n) is 12.0. The summed E-state index contributed by atoms with van der Waals surface area (Å²) >= 11 is 7.09. The molecular weight excluding hydrogens is 810 g/mol. The molecule has 0 aliphatic heterocycles. The largest absolute Gasteiger partial charge is 0.481 e. The molecule has 1 aromatic heterocycles. The first kappa shape index (κ1) is 56.8. The van der Waals surface area contributed by atoms with Crippen molar-refractivity contribution in [3.8, 4) is 28.3 Å². The number of carbonyl (C=O) groups excluding carboxylic acids is 3. The average Bonchev–Trinajstić information content (AvgIpc) is 3.70. The van der Waals surface area contributed by atoms with Gasteiger partial charge in [-0.3, -0.25) is 14.4 Å². The van der Waals surface area contributed by atoms with E-state index in [0.29, 0.717) is 35.5 Å². The molecule has 0 saturated carbocycles. The second kappa shape index (κ2) is 30.0. The molecule has 63 heavy (non-hydrogen) atoms. The number of halogens is 1. The van der Waals surface area contributed by atoms with Gasteiger partial charge in [0.1, 0.15) is 5.57 Å². The number of rotatable bonds is 19. The van der Waals surface area contributed by atoms with Crippen LogP contribution in [0.15, 0.2) is 54.1 Å². The fraction of sp³-hybridized carbons (Fsp3) is 0.577. The summed E-state index contributed by atoms with van der Waals surface area (Å²) in [7, 11) is 3.13. The highest BCUT2D eigenvalue weighted by atomic mass is 35.5. The van der Waals surface area contributed by atoms with Crippen molar-refractivity contribution in [3.63, 3.8) is 0 Å². The Morgan fingerprint density at radius 2 is 1.59 bits per heavy atom. The molecule has 6 N–H and O–H groups in total. The molecule has 0 radical (unpaired) electrons. The summed E-state index contributed by atoms with van der Waals surface area (Å²) in [5.74, 6) is 1.17. The molecule has 3 atom stereocenters. The molecule has 0 saturated heterocycles. The Kier molecular flexibility index (Phi) is 27.0. The van der Waals surface area contributed by atoms with Crippen molar-refractivity contribution in [1.82, 2.24) is 15.6 Å². The van der Waals surface area contributed by atoms with Crippen LogP contribution in [0.4, 0.5) is 5.69 Å². The number of hydrogen-bond acceptors (Lipinski definition) is 7. The third kappa shape index (κ3) is 16.4. The van der Waals surface area contributed by atoms with Gasteiger partial charge in [-0.2, -0.15) is 0 Å². The molecule has 3 amide bonds. The molecule has 2 aromatic carbocycles. The maximum atomic E-state index is 13.0. The second-order valence-corrected chi connectivity index (χ2v) is 16.6. The summed E-state index contributed by atoms with van der Waals surface area (Å²) in [6, 6.07) is 13.7. The Bertz CT molecular complexity index is 1890. The lowest BCUT2D eigenvalue weighted by Crippen LogP contribution is -2.49. The lowest BCUT2D eigenvalue weighted by molar-refractivity contribution is -0.127. The summed E-state index contributed by atoms with van der Waals surface area (Å²) < 4.78 is 5.67. The van der Waals surface area contributed by atoms with Crippen LogP contribution in [0.5, 0.6) is 5.88 Å². The van der Waals surface area contributed by atoms with E-state index in [1.54, 1.807) is 7.11 Å². The van der Waals surface area contributed by atoms with Gasteiger partial charge < -0.3 is 31.5 Å². The molecule has 10 nitrogen and oxygen atoms in total. The highest BCUT2D eigenvalue weighted by molar-refractivity contribution is 6.36. The number of anilines is 1. The number of hydrogen-bond donors (Lipinski definition) is 5. The fourth-order valence-corrected chi connectivity index (χ4v) is 7.73. The van der Waals surface area contributed by atoms with E-state index in [0.717, 1.165) is 85.2 Å². The molecule has 11 heteroatoms. The zero-order valence-electron chi connectivity index (χ0n) is 41.0. The maximum absolute atomic E-state index is 13.0. The van der Waals surface area contributed by atoms with E-state index in [-0.39, 0.29) is 29.5 Å². The molecule has 0 spiro atoms. The Morgan fingerprint density at radius 3 is 2.13 bits per heavy atom. The number of likely N-dealkylation sites (N-methyl/N-ethyl adjacent to an activating group) is 1. The monoisotopic (exact) mass is 892 g/mol. The highest BCUT2D eigenvalue weighted by Crippen LogP contribution is 2.43. The minimum Gasteiger partial charge on any atom is -0.481 e. The average molecular weight is 893 g/mol. The first-order chi connectivity index (χ1) is 30.2. The van der Waals surface area contributed by atoms with Gasteiger partial charge in [-0.25, -0.2) is 4.98 Å². The smallest absolute Gasteiger partial charge is 0.260 e. The number of aliphatic hydroxyl groups excluding tert-OH is 1. The maximum Gasteiger partial charge on any atom is 0.260 e. The summed E-state index contributed by atoms with van der Waals surface area (Å²) in [5, 5.41) is 17.2. The van der Waals surface area contributed by atoms with Crippen LogP contribution in [-0.2, 0) is 27.2 Å². The molecule has 4 rings (SSSR count). The SMILES string of the molecule is CC.CCC(C)CCC(CC)(CC)NC(=O)C(C)CC.CCCO.CCCc1c(NC(=O)/C(=C/CN)C(=O)NC)cccc1-c1cccc(-c2cc3c(c(OC)n2)C(C)CC3)c1Cl. The quantitative estimate of drug-likeness (QED) is 0.0456. The molecule has 1 heterocycles. The Labute approximate surface area is 386 Å². The number of methoxy groups -OCH3 is 1. The zero-order chi connectivity index (χ0) is 47.7. The van der Waals surface area contributed by atoms with E-state index in [1.807, 2.05) is 64.1 Å². The number of nitrogens with zero attached hydrogens (tertiary/aromatic N) is 1. The topological polar surface area (TPSA) is 156 Å². The molecule has 0 bridgehead atoms. The van der Waals surface area contributed by atoms with Crippen molar-refractivity contribution in [2.45, 2.75) is 158 Å². The van der Waals surface area contributed by atoms with Crippen molar-refractivity contribution in [2.24, 2.45) is 17.6 Å². The number of ether oxygens (including phenoxy) is 1. The normalized spacial score (nSPS) is 14.0. The van der Waals surface area contributed by atoms with E-state index in [2.05, 4.69) is 70.5 Å². The van der Waals surface area contributed by atoms with Crippen LogP contribution in [0, 0.1) is 11.8 Å². The second-order valence-electron chi connectivity index (χ2n) is 16.2. The van der Waals surface area contributed by atoms with Gasteiger partial charge in [0, 0.05) is 54.0 Å². The number of nitrogens with two attached hydrogens (primary N) is 1. The first-order valence-electron chi connectivity index (χ1n) is 23.6. The van der Waals surface area contributed by atoms with Crippen LogP contribution in [0.25, 0.3) is 22.4 Å². The highest BCUT2D eigenvalue weighted by Gasteiger charge is 2.30. The minimum absolute atomic E-state index is 0.0178. The number of pyridine rings is 1. The van der Waals surface area contributed by atoms with Gasteiger partial charge in [-0.05, 0) is 98.4 Å². The van der Waals surface area contributed by atoms with E-state index >= 15 is 0 Å². The molecule has 1 aliphatic rings. The summed E-state index contributed by atoms with van der Waals surface area (Å²) in [6.07, 6.45) is 12.4. The van der Waals surface area contributed by atoms with Crippen LogP contribution >= 0.6 is 11.6 Å². The van der Waals surface area contributed by atoms with Gasteiger partial charge in [0.05, 0.1) is 17.8 Å². The lowest BCUT2D eigenvalue weighted by Gasteiger charge is -2.35. The van der Waals surface area contributed by atoms with Crippen LogP contribution in [0.1, 0.15) is 157 Å². The van der Waals surface area contributed by atoms with Gasteiger partial charge in [0.25, 0.3) is 11.8 Å². The summed E-state index contributed by atoms with van der Waals surface area (Å²) in [4.78, 5) is 42.3. The van der Waals surface area contributed by atoms with Crippen molar-refractivity contribution in [1.29, 1.82) is 0 Å². The number of amides is 3. The zero-order valence-corrected chi connectivity index (χ0v) is 41.8. The molecule has 1 aliphatic carbocycles. The van der Waals surface area contributed by atoms with Gasteiger partial charge in [-0.1, -0.05) is 137 Å². The molecule has 3 unspecified atom stereocenters. The van der Waals surface area contributed by atoms with Crippen molar-refractivity contribution < 1.29 is 24.2 Å². The number of aromatic nitrogens is 1. The summed E-state index contributed by atoms with van der Waals surface area (Å²) in [6.45, 7) is 23.6. The molecular formula is C52H82ClN5O5. The molecule has 0 fully saturated rings. The van der Waals surface area contributed by atoms with E-state index < -0.39 is 11.8 Å². The van der Waals surface area contributed by atoms with Crippen LogP contribution in [0.2, 0.25) is 5.02 Å².